The molecule has 0 spiro atoms. The molecular formula is C16H22N4O. The summed E-state index contributed by atoms with van der Waals surface area (Å²) >= 11 is 0. The minimum Gasteiger partial charge on any atom is -0.356 e. The number of hydrogen-bond acceptors (Lipinski definition) is 3. The lowest BCUT2D eigenvalue weighted by molar-refractivity contribution is 0.0942. The second kappa shape index (κ2) is 6.31. The van der Waals surface area contributed by atoms with Crippen LogP contribution in [-0.2, 0) is 0 Å². The quantitative estimate of drug-likeness (QED) is 0.887. The van der Waals surface area contributed by atoms with E-state index in [0.29, 0.717) is 17.2 Å². The van der Waals surface area contributed by atoms with E-state index in [-0.39, 0.29) is 5.91 Å². The average Bonchev–Trinajstić information content (AvgIpc) is 3.24. The Hall–Kier alpha value is -1.80. The molecule has 1 saturated heterocycles. The van der Waals surface area contributed by atoms with Crippen molar-refractivity contribution in [3.63, 3.8) is 0 Å². The second-order valence-corrected chi connectivity index (χ2v) is 6.21. The van der Waals surface area contributed by atoms with Crippen LogP contribution in [0.15, 0.2) is 12.3 Å². The van der Waals surface area contributed by atoms with E-state index in [1.165, 1.54) is 38.6 Å². The van der Waals surface area contributed by atoms with Crippen LogP contribution in [0, 0.1) is 17.2 Å². The van der Waals surface area contributed by atoms with E-state index >= 15 is 0 Å². The van der Waals surface area contributed by atoms with Crippen LogP contribution in [0.4, 0.5) is 0 Å². The summed E-state index contributed by atoms with van der Waals surface area (Å²) in [5.74, 6) is 0.441. The molecule has 0 bridgehead atoms. The van der Waals surface area contributed by atoms with Crippen LogP contribution >= 0.6 is 0 Å². The molecule has 1 aromatic rings. The highest BCUT2D eigenvalue weighted by Crippen LogP contribution is 2.28. The van der Waals surface area contributed by atoms with E-state index < -0.39 is 0 Å². The topological polar surface area (TPSA) is 71.9 Å². The van der Waals surface area contributed by atoms with E-state index in [4.69, 9.17) is 5.26 Å². The number of hydrogen-bond donors (Lipinski definition) is 2. The van der Waals surface area contributed by atoms with Gasteiger partial charge in [0, 0.05) is 25.3 Å². The van der Waals surface area contributed by atoms with Gasteiger partial charge < -0.3 is 15.2 Å². The summed E-state index contributed by atoms with van der Waals surface area (Å²) in [7, 11) is 0. The molecule has 1 aromatic heterocycles. The number of aromatic amines is 1. The normalized spacial score (nSPS) is 23.3. The number of aromatic nitrogens is 1. The van der Waals surface area contributed by atoms with Crippen LogP contribution in [0.5, 0.6) is 0 Å². The van der Waals surface area contributed by atoms with Crippen molar-refractivity contribution in [3.8, 4) is 6.07 Å². The molecule has 2 N–H and O–H groups in total. The molecule has 1 unspecified atom stereocenters. The third-order valence-electron chi connectivity index (χ3n) is 4.77. The predicted octanol–water partition coefficient (Wildman–Crippen LogP) is 1.88. The molecule has 1 aliphatic carbocycles. The summed E-state index contributed by atoms with van der Waals surface area (Å²) in [6.07, 6.45) is 8.17. The number of carbonyl (C=O) groups excluding carboxylic acids is 1. The van der Waals surface area contributed by atoms with Crippen molar-refractivity contribution >= 4 is 5.91 Å². The molecule has 2 fully saturated rings. The number of H-pyrrole nitrogens is 1. The first kappa shape index (κ1) is 14.2. The summed E-state index contributed by atoms with van der Waals surface area (Å²) in [6, 6.07) is 4.40. The fourth-order valence-electron chi connectivity index (χ4n) is 3.55. The molecule has 2 heterocycles. The van der Waals surface area contributed by atoms with Gasteiger partial charge in [0.1, 0.15) is 11.8 Å². The van der Waals surface area contributed by atoms with Gasteiger partial charge in [-0.05, 0) is 37.8 Å². The van der Waals surface area contributed by atoms with Gasteiger partial charge in [-0.25, -0.2) is 0 Å². The van der Waals surface area contributed by atoms with Crippen LogP contribution in [0.25, 0.3) is 0 Å². The van der Waals surface area contributed by atoms with Crippen molar-refractivity contribution in [2.45, 2.75) is 38.1 Å². The van der Waals surface area contributed by atoms with Gasteiger partial charge in [0.05, 0.1) is 5.56 Å². The van der Waals surface area contributed by atoms with E-state index in [1.807, 2.05) is 6.07 Å². The Bertz CT molecular complexity index is 539. The maximum absolute atomic E-state index is 12.0. The Morgan fingerprint density at radius 1 is 1.43 bits per heavy atom. The first-order valence-corrected chi connectivity index (χ1v) is 7.87. The molecule has 2 aliphatic rings. The van der Waals surface area contributed by atoms with Crippen molar-refractivity contribution in [3.05, 3.63) is 23.5 Å². The molecule has 112 valence electrons. The smallest absolute Gasteiger partial charge is 0.267 e. The van der Waals surface area contributed by atoms with Crippen molar-refractivity contribution in [1.29, 1.82) is 5.26 Å². The lowest BCUT2D eigenvalue weighted by Crippen LogP contribution is -2.34. The van der Waals surface area contributed by atoms with Gasteiger partial charge >= 0.3 is 0 Å². The molecule has 3 rings (SSSR count). The first-order valence-electron chi connectivity index (χ1n) is 7.87. The molecule has 1 saturated carbocycles. The molecule has 1 atom stereocenters. The fourth-order valence-corrected chi connectivity index (χ4v) is 3.55. The largest absolute Gasteiger partial charge is 0.356 e. The Morgan fingerprint density at radius 2 is 2.24 bits per heavy atom. The van der Waals surface area contributed by atoms with Crippen molar-refractivity contribution in [2.75, 3.05) is 19.6 Å². The lowest BCUT2D eigenvalue weighted by atomic mass is 10.1. The van der Waals surface area contributed by atoms with Gasteiger partial charge in [-0.3, -0.25) is 4.79 Å². The van der Waals surface area contributed by atoms with Crippen LogP contribution in [0.2, 0.25) is 0 Å². The summed E-state index contributed by atoms with van der Waals surface area (Å²) in [5.41, 5.74) is 0.964. The number of nitriles is 1. The SMILES string of the molecule is N#Cc1c[nH]c(C(=O)NCC2CCN(C3CCCC3)C2)c1. The monoisotopic (exact) mass is 286 g/mol. The Morgan fingerprint density at radius 3 is 2.95 bits per heavy atom. The Labute approximate surface area is 125 Å². The summed E-state index contributed by atoms with van der Waals surface area (Å²) in [5, 5.41) is 11.7. The number of likely N-dealkylation sites (tertiary alicyclic amines) is 1. The Kier molecular flexibility index (Phi) is 4.26. The van der Waals surface area contributed by atoms with Gasteiger partial charge in [0.15, 0.2) is 0 Å². The number of nitrogens with zero attached hydrogens (tertiary/aromatic N) is 2. The van der Waals surface area contributed by atoms with Gasteiger partial charge in [-0.15, -0.1) is 0 Å². The molecule has 5 nitrogen and oxygen atoms in total. The predicted molar refractivity (Wildman–Crippen MR) is 79.8 cm³/mol. The highest BCUT2D eigenvalue weighted by atomic mass is 16.1. The van der Waals surface area contributed by atoms with E-state index in [2.05, 4.69) is 15.2 Å². The molecule has 0 radical (unpaired) electrons. The highest BCUT2D eigenvalue weighted by Gasteiger charge is 2.29. The zero-order valence-electron chi connectivity index (χ0n) is 12.3. The van der Waals surface area contributed by atoms with Gasteiger partial charge in [0.25, 0.3) is 5.91 Å². The molecular weight excluding hydrogens is 264 g/mol. The zero-order valence-corrected chi connectivity index (χ0v) is 12.3. The second-order valence-electron chi connectivity index (χ2n) is 6.21. The standard InChI is InChI=1S/C16H22N4O/c17-8-13-7-15(18-10-13)16(21)19-9-12-5-6-20(11-12)14-3-1-2-4-14/h7,10,12,14,18H,1-6,9,11H2,(H,19,21). The summed E-state index contributed by atoms with van der Waals surface area (Å²) < 4.78 is 0. The van der Waals surface area contributed by atoms with Crippen LogP contribution in [-0.4, -0.2) is 41.5 Å². The molecule has 1 amide bonds. The lowest BCUT2D eigenvalue weighted by Gasteiger charge is -2.23. The van der Waals surface area contributed by atoms with Crippen LogP contribution in [0.1, 0.15) is 48.2 Å². The van der Waals surface area contributed by atoms with Crippen molar-refractivity contribution < 1.29 is 4.79 Å². The van der Waals surface area contributed by atoms with Gasteiger partial charge in [-0.2, -0.15) is 5.26 Å². The molecule has 5 heteroatoms. The minimum atomic E-state index is -0.115. The first-order chi connectivity index (χ1) is 10.3. The van der Waals surface area contributed by atoms with Crippen LogP contribution < -0.4 is 5.32 Å². The maximum atomic E-state index is 12.0. The van der Waals surface area contributed by atoms with Crippen molar-refractivity contribution in [2.24, 2.45) is 5.92 Å². The number of carbonyl (C=O) groups is 1. The number of amides is 1. The number of nitrogens with one attached hydrogen (secondary N) is 2. The summed E-state index contributed by atoms with van der Waals surface area (Å²) in [4.78, 5) is 17.4. The third kappa shape index (κ3) is 3.27. The van der Waals surface area contributed by atoms with Gasteiger partial charge in [0.2, 0.25) is 0 Å². The fraction of sp³-hybridized carbons (Fsp3) is 0.625. The van der Waals surface area contributed by atoms with E-state index in [0.717, 1.165) is 19.1 Å². The molecule has 1 aliphatic heterocycles. The van der Waals surface area contributed by atoms with Crippen LogP contribution in [0.3, 0.4) is 0 Å². The van der Waals surface area contributed by atoms with Crippen molar-refractivity contribution in [1.82, 2.24) is 15.2 Å². The molecule has 21 heavy (non-hydrogen) atoms. The number of rotatable bonds is 4. The Balaban J connectivity index is 1.45. The summed E-state index contributed by atoms with van der Waals surface area (Å²) in [6.45, 7) is 3.01. The van der Waals surface area contributed by atoms with Gasteiger partial charge in [-0.1, -0.05) is 12.8 Å². The zero-order chi connectivity index (χ0) is 14.7. The molecule has 0 aromatic carbocycles. The average molecular weight is 286 g/mol. The highest BCUT2D eigenvalue weighted by molar-refractivity contribution is 5.92. The van der Waals surface area contributed by atoms with E-state index in [9.17, 15) is 4.79 Å². The van der Waals surface area contributed by atoms with E-state index in [1.54, 1.807) is 12.3 Å². The minimum absolute atomic E-state index is 0.115. The third-order valence-corrected chi connectivity index (χ3v) is 4.77. The maximum Gasteiger partial charge on any atom is 0.267 e.